The molecule has 0 aromatic heterocycles. The van der Waals surface area contributed by atoms with Gasteiger partial charge in [-0.15, -0.1) is 6.58 Å². The molecule has 2 heteroatoms. The second-order valence-corrected chi connectivity index (χ2v) is 4.07. The Balaban J connectivity index is 2.85. The Kier molecular flexibility index (Phi) is 8.19. The van der Waals surface area contributed by atoms with E-state index in [0.717, 1.165) is 6.42 Å². The summed E-state index contributed by atoms with van der Waals surface area (Å²) in [6.45, 7) is 4.89. The van der Waals surface area contributed by atoms with Crippen molar-refractivity contribution < 1.29 is 0 Å². The molecule has 0 aliphatic heterocycles. The minimum absolute atomic E-state index is 1.15. The first-order chi connectivity index (χ1) is 5.27. The Morgan fingerprint density at radius 3 is 2.64 bits per heavy atom. The Bertz CT molecular complexity index is 91.6. The first-order valence-corrected chi connectivity index (χ1v) is 5.26. The highest BCUT2D eigenvalue weighted by molar-refractivity contribution is 7.99. The molecular weight excluding hydrogens is 154 g/mol. The molecular formula is C9H19NS. The molecule has 0 aromatic carbocycles. The molecule has 0 heterocycles. The molecule has 0 aromatic rings. The van der Waals surface area contributed by atoms with Crippen molar-refractivity contribution in [1.29, 1.82) is 0 Å². The summed E-state index contributed by atoms with van der Waals surface area (Å²) in [4.78, 5) is 2.23. The number of nitrogens with zero attached hydrogens (tertiary/aromatic N) is 1. The smallest absolute Gasteiger partial charge is 0.00170 e. The SMILES string of the molecule is C=CCCSCCCN(C)C. The molecule has 0 rings (SSSR count). The summed E-state index contributed by atoms with van der Waals surface area (Å²) in [6, 6.07) is 0. The van der Waals surface area contributed by atoms with Crippen LogP contribution in [0.1, 0.15) is 12.8 Å². The molecule has 0 unspecified atom stereocenters. The van der Waals surface area contributed by atoms with E-state index in [4.69, 9.17) is 0 Å². The summed E-state index contributed by atoms with van der Waals surface area (Å²) >= 11 is 2.02. The second-order valence-electron chi connectivity index (χ2n) is 2.85. The minimum atomic E-state index is 1.15. The third kappa shape index (κ3) is 10.1. The summed E-state index contributed by atoms with van der Waals surface area (Å²) in [5.41, 5.74) is 0. The molecule has 0 N–H and O–H groups in total. The Morgan fingerprint density at radius 1 is 1.36 bits per heavy atom. The Labute approximate surface area is 74.9 Å². The van der Waals surface area contributed by atoms with Crippen LogP contribution < -0.4 is 0 Å². The molecule has 0 fully saturated rings. The van der Waals surface area contributed by atoms with Crippen LogP contribution in [0.4, 0.5) is 0 Å². The zero-order chi connectivity index (χ0) is 8.53. The van der Waals surface area contributed by atoms with Crippen molar-refractivity contribution >= 4 is 11.8 Å². The van der Waals surface area contributed by atoms with E-state index in [-0.39, 0.29) is 0 Å². The van der Waals surface area contributed by atoms with Gasteiger partial charge in [0.25, 0.3) is 0 Å². The largest absolute Gasteiger partial charge is 0.309 e. The van der Waals surface area contributed by atoms with Gasteiger partial charge in [0.2, 0.25) is 0 Å². The van der Waals surface area contributed by atoms with Crippen molar-refractivity contribution in [1.82, 2.24) is 4.90 Å². The molecule has 0 atom stereocenters. The molecule has 11 heavy (non-hydrogen) atoms. The summed E-state index contributed by atoms with van der Waals surface area (Å²) in [6.07, 6.45) is 4.43. The highest BCUT2D eigenvalue weighted by Crippen LogP contribution is 2.04. The lowest BCUT2D eigenvalue weighted by Gasteiger charge is -2.07. The molecule has 66 valence electrons. The number of rotatable bonds is 7. The molecule has 0 amide bonds. The summed E-state index contributed by atoms with van der Waals surface area (Å²) in [7, 11) is 4.24. The van der Waals surface area contributed by atoms with Gasteiger partial charge in [-0.3, -0.25) is 0 Å². The van der Waals surface area contributed by atoms with Crippen LogP contribution in [0.25, 0.3) is 0 Å². The van der Waals surface area contributed by atoms with Crippen LogP contribution in [0.5, 0.6) is 0 Å². The van der Waals surface area contributed by atoms with Crippen molar-refractivity contribution in [2.75, 3.05) is 32.1 Å². The van der Waals surface area contributed by atoms with Gasteiger partial charge in [0.05, 0.1) is 0 Å². The van der Waals surface area contributed by atoms with Crippen LogP contribution >= 0.6 is 11.8 Å². The Hall–Kier alpha value is 0.0500. The van der Waals surface area contributed by atoms with E-state index in [1.807, 2.05) is 17.8 Å². The van der Waals surface area contributed by atoms with Gasteiger partial charge in [0, 0.05) is 0 Å². The van der Waals surface area contributed by atoms with Gasteiger partial charge in [0.1, 0.15) is 0 Å². The topological polar surface area (TPSA) is 3.24 Å². The molecule has 1 nitrogen and oxygen atoms in total. The van der Waals surface area contributed by atoms with E-state index in [1.165, 1.54) is 24.5 Å². The fourth-order valence-corrected chi connectivity index (χ4v) is 1.62. The van der Waals surface area contributed by atoms with Crippen molar-refractivity contribution in [2.45, 2.75) is 12.8 Å². The highest BCUT2D eigenvalue weighted by Gasteiger charge is 1.90. The van der Waals surface area contributed by atoms with Crippen LogP contribution in [-0.4, -0.2) is 37.0 Å². The summed E-state index contributed by atoms with van der Waals surface area (Å²) in [5, 5.41) is 0. The highest BCUT2D eigenvalue weighted by atomic mass is 32.2. The van der Waals surface area contributed by atoms with Crippen molar-refractivity contribution in [3.05, 3.63) is 12.7 Å². The number of hydrogen-bond acceptors (Lipinski definition) is 2. The summed E-state index contributed by atoms with van der Waals surface area (Å²) < 4.78 is 0. The van der Waals surface area contributed by atoms with Gasteiger partial charge in [-0.25, -0.2) is 0 Å². The van der Waals surface area contributed by atoms with Crippen LogP contribution in [0, 0.1) is 0 Å². The lowest BCUT2D eigenvalue weighted by Crippen LogP contribution is -2.13. The Morgan fingerprint density at radius 2 is 2.09 bits per heavy atom. The third-order valence-electron chi connectivity index (χ3n) is 1.36. The van der Waals surface area contributed by atoms with Gasteiger partial charge >= 0.3 is 0 Å². The average molecular weight is 173 g/mol. The minimum Gasteiger partial charge on any atom is -0.309 e. The maximum atomic E-state index is 3.69. The lowest BCUT2D eigenvalue weighted by atomic mass is 10.5. The normalized spacial score (nSPS) is 10.5. The van der Waals surface area contributed by atoms with E-state index in [1.54, 1.807) is 0 Å². The number of thioether (sulfide) groups is 1. The van der Waals surface area contributed by atoms with E-state index in [0.29, 0.717) is 0 Å². The molecule has 0 aliphatic carbocycles. The quantitative estimate of drug-likeness (QED) is 0.429. The molecule has 0 bridgehead atoms. The summed E-state index contributed by atoms with van der Waals surface area (Å²) in [5.74, 6) is 2.52. The molecule has 0 saturated carbocycles. The van der Waals surface area contributed by atoms with E-state index < -0.39 is 0 Å². The van der Waals surface area contributed by atoms with E-state index in [9.17, 15) is 0 Å². The molecule has 0 saturated heterocycles. The lowest BCUT2D eigenvalue weighted by molar-refractivity contribution is 0.410. The predicted molar refractivity (Wildman–Crippen MR) is 55.3 cm³/mol. The van der Waals surface area contributed by atoms with E-state index >= 15 is 0 Å². The zero-order valence-electron chi connectivity index (χ0n) is 7.68. The average Bonchev–Trinajstić information content (AvgIpc) is 1.96. The monoisotopic (exact) mass is 173 g/mol. The van der Waals surface area contributed by atoms with Crippen molar-refractivity contribution in [2.24, 2.45) is 0 Å². The van der Waals surface area contributed by atoms with Gasteiger partial charge in [0.15, 0.2) is 0 Å². The van der Waals surface area contributed by atoms with Crippen LogP contribution in [0.2, 0.25) is 0 Å². The maximum absolute atomic E-state index is 3.69. The van der Waals surface area contributed by atoms with Crippen molar-refractivity contribution in [3.63, 3.8) is 0 Å². The first-order valence-electron chi connectivity index (χ1n) is 4.10. The predicted octanol–water partition coefficient (Wildman–Crippen LogP) is 2.25. The molecule has 0 radical (unpaired) electrons. The molecule has 0 aliphatic rings. The number of allylic oxidation sites excluding steroid dienone is 1. The second kappa shape index (κ2) is 8.15. The zero-order valence-corrected chi connectivity index (χ0v) is 8.49. The third-order valence-corrected chi connectivity index (χ3v) is 2.46. The fraction of sp³-hybridized carbons (Fsp3) is 0.778. The van der Waals surface area contributed by atoms with Gasteiger partial charge in [-0.05, 0) is 45.0 Å². The van der Waals surface area contributed by atoms with Gasteiger partial charge in [-0.1, -0.05) is 6.08 Å². The van der Waals surface area contributed by atoms with Gasteiger partial charge < -0.3 is 4.90 Å². The maximum Gasteiger partial charge on any atom is -0.00170 e. The van der Waals surface area contributed by atoms with Crippen molar-refractivity contribution in [3.8, 4) is 0 Å². The van der Waals surface area contributed by atoms with Gasteiger partial charge in [-0.2, -0.15) is 11.8 Å². The van der Waals surface area contributed by atoms with Crippen LogP contribution in [0.15, 0.2) is 12.7 Å². The van der Waals surface area contributed by atoms with E-state index in [2.05, 4.69) is 25.6 Å². The fourth-order valence-electron chi connectivity index (χ4n) is 0.752. The van der Waals surface area contributed by atoms with Crippen LogP contribution in [0.3, 0.4) is 0 Å². The standard InChI is InChI=1S/C9H19NS/c1-4-5-8-11-9-6-7-10(2)3/h4H,1,5-9H2,2-3H3. The first kappa shape index (κ1) is 11.1. The molecule has 0 spiro atoms. The van der Waals surface area contributed by atoms with Crippen LogP contribution in [-0.2, 0) is 0 Å². The number of hydrogen-bond donors (Lipinski definition) is 0.